The Morgan fingerprint density at radius 3 is 2.88 bits per heavy atom. The predicted molar refractivity (Wildman–Crippen MR) is 73.1 cm³/mol. The Kier molecular flexibility index (Phi) is 2.64. The second kappa shape index (κ2) is 4.01. The molecule has 0 spiro atoms. The van der Waals surface area contributed by atoms with Crippen LogP contribution in [0.4, 0.5) is 0 Å². The lowest BCUT2D eigenvalue weighted by atomic mass is 10.1. The van der Waals surface area contributed by atoms with Crippen LogP contribution >= 0.6 is 23.5 Å². The molecule has 0 saturated heterocycles. The van der Waals surface area contributed by atoms with E-state index in [2.05, 4.69) is 50.3 Å². The quantitative estimate of drug-likeness (QED) is 0.611. The lowest BCUT2D eigenvalue weighted by molar-refractivity contribution is 0.906. The molecule has 0 fully saturated rings. The highest BCUT2D eigenvalue weighted by molar-refractivity contribution is 8.09. The molecule has 16 heavy (non-hydrogen) atoms. The fraction of sp³-hybridized carbons (Fsp3) is 0.286. The van der Waals surface area contributed by atoms with Gasteiger partial charge in [-0.15, -0.1) is 11.8 Å². The molecule has 0 nitrogen and oxygen atoms in total. The van der Waals surface area contributed by atoms with E-state index in [9.17, 15) is 0 Å². The highest BCUT2D eigenvalue weighted by atomic mass is 32.2. The van der Waals surface area contributed by atoms with E-state index in [1.807, 2.05) is 23.5 Å². The van der Waals surface area contributed by atoms with E-state index >= 15 is 0 Å². The smallest absolute Gasteiger partial charge is 0.0585 e. The number of hydrogen-bond acceptors (Lipinski definition) is 2. The summed E-state index contributed by atoms with van der Waals surface area (Å²) in [6.45, 7) is 4.41. The lowest BCUT2D eigenvalue weighted by Crippen LogP contribution is -2.10. The van der Waals surface area contributed by atoms with Crippen LogP contribution in [0.5, 0.6) is 0 Å². The van der Waals surface area contributed by atoms with Crippen LogP contribution in [0.1, 0.15) is 12.5 Å². The fourth-order valence-corrected chi connectivity index (χ4v) is 4.69. The van der Waals surface area contributed by atoms with Crippen LogP contribution in [0.3, 0.4) is 0 Å². The van der Waals surface area contributed by atoms with Crippen molar-refractivity contribution < 1.29 is 0 Å². The van der Waals surface area contributed by atoms with Gasteiger partial charge >= 0.3 is 0 Å². The predicted octanol–water partition coefficient (Wildman–Crippen LogP) is 4.65. The third kappa shape index (κ3) is 1.85. The van der Waals surface area contributed by atoms with Crippen molar-refractivity contribution in [2.75, 3.05) is 0 Å². The van der Waals surface area contributed by atoms with E-state index in [0.29, 0.717) is 11.2 Å². The Bertz CT molecular complexity index is 486. The van der Waals surface area contributed by atoms with Gasteiger partial charge in [-0.1, -0.05) is 43.0 Å². The minimum absolute atomic E-state index is 0.551. The maximum atomic E-state index is 2.39. The summed E-state index contributed by atoms with van der Waals surface area (Å²) < 4.78 is 0. The minimum atomic E-state index is 0.551. The van der Waals surface area contributed by atoms with E-state index in [1.54, 1.807) is 0 Å². The third-order valence-corrected chi connectivity index (χ3v) is 5.61. The second-order valence-electron chi connectivity index (χ2n) is 4.40. The molecule has 2 atom stereocenters. The average Bonchev–Trinajstić information content (AvgIpc) is 2.26. The van der Waals surface area contributed by atoms with E-state index in [0.717, 1.165) is 0 Å². The summed E-state index contributed by atoms with van der Waals surface area (Å²) in [7, 11) is 0. The Hall–Kier alpha value is -0.600. The number of rotatable bonds is 0. The van der Waals surface area contributed by atoms with Crippen LogP contribution in [0.25, 0.3) is 0 Å². The Labute approximate surface area is 105 Å². The summed E-state index contributed by atoms with van der Waals surface area (Å²) in [5.74, 6) is 0.589. The highest BCUT2D eigenvalue weighted by Gasteiger charge is 2.25. The zero-order valence-electron chi connectivity index (χ0n) is 9.44. The first-order valence-electron chi connectivity index (χ1n) is 5.57. The average molecular weight is 246 g/mol. The molecule has 2 unspecified atom stereocenters. The van der Waals surface area contributed by atoms with Crippen LogP contribution < -0.4 is 0 Å². The highest BCUT2D eigenvalue weighted by Crippen LogP contribution is 2.49. The lowest BCUT2D eigenvalue weighted by Gasteiger charge is -2.27. The standard InChI is InChI=1S/C14H14S2/c1-9-3-5-11-13(7-9)15-12-6-4-10(2)8-14(12)16-11/h3-9,11H,1-2H3. The molecule has 1 aliphatic carbocycles. The van der Waals surface area contributed by atoms with E-state index in [1.165, 1.54) is 20.3 Å². The zero-order valence-corrected chi connectivity index (χ0v) is 11.1. The zero-order chi connectivity index (χ0) is 11.1. The van der Waals surface area contributed by atoms with Crippen molar-refractivity contribution in [1.29, 1.82) is 0 Å². The Balaban J connectivity index is 2.01. The van der Waals surface area contributed by atoms with E-state index < -0.39 is 0 Å². The number of allylic oxidation sites excluding steroid dienone is 2. The molecule has 3 rings (SSSR count). The molecule has 2 heteroatoms. The molecule has 1 aromatic rings. The Morgan fingerprint density at radius 1 is 1.12 bits per heavy atom. The van der Waals surface area contributed by atoms with Crippen LogP contribution in [-0.4, -0.2) is 5.25 Å². The normalized spacial score (nSPS) is 27.0. The van der Waals surface area contributed by atoms with Crippen LogP contribution in [0, 0.1) is 12.8 Å². The van der Waals surface area contributed by atoms with Gasteiger partial charge in [0.2, 0.25) is 0 Å². The summed E-state index contributed by atoms with van der Waals surface area (Å²) in [6, 6.07) is 6.76. The first kappa shape index (κ1) is 10.5. The van der Waals surface area contributed by atoms with Crippen molar-refractivity contribution >= 4 is 23.5 Å². The molecule has 0 N–H and O–H groups in total. The monoisotopic (exact) mass is 246 g/mol. The van der Waals surface area contributed by atoms with Crippen molar-refractivity contribution in [3.05, 3.63) is 46.9 Å². The minimum Gasteiger partial charge on any atom is -0.112 e. The first-order valence-corrected chi connectivity index (χ1v) is 7.27. The molecular weight excluding hydrogens is 232 g/mol. The molecule has 0 bridgehead atoms. The van der Waals surface area contributed by atoms with Crippen molar-refractivity contribution in [3.63, 3.8) is 0 Å². The molecule has 0 aromatic heterocycles. The number of fused-ring (bicyclic) bond motifs is 2. The first-order chi connectivity index (χ1) is 7.72. The molecule has 1 heterocycles. The molecule has 82 valence electrons. The topological polar surface area (TPSA) is 0 Å². The summed E-state index contributed by atoms with van der Waals surface area (Å²) in [6.07, 6.45) is 7.05. The number of hydrogen-bond donors (Lipinski definition) is 0. The van der Waals surface area contributed by atoms with Crippen LogP contribution in [0.15, 0.2) is 51.1 Å². The molecule has 0 radical (unpaired) electrons. The summed E-state index contributed by atoms with van der Waals surface area (Å²) in [5, 5.41) is 0.551. The maximum absolute atomic E-state index is 2.39. The van der Waals surface area contributed by atoms with Crippen molar-refractivity contribution in [2.24, 2.45) is 5.92 Å². The van der Waals surface area contributed by atoms with Gasteiger partial charge in [-0.05, 0) is 30.5 Å². The van der Waals surface area contributed by atoms with Gasteiger partial charge < -0.3 is 0 Å². The van der Waals surface area contributed by atoms with Gasteiger partial charge in [-0.2, -0.15) is 0 Å². The van der Waals surface area contributed by atoms with Gasteiger partial charge in [0, 0.05) is 14.7 Å². The molecule has 0 saturated carbocycles. The largest absolute Gasteiger partial charge is 0.112 e. The number of aryl methyl sites for hydroxylation is 1. The van der Waals surface area contributed by atoms with Gasteiger partial charge in [-0.25, -0.2) is 0 Å². The molecule has 0 amide bonds. The number of benzene rings is 1. The second-order valence-corrected chi connectivity index (χ2v) is 6.70. The van der Waals surface area contributed by atoms with E-state index in [4.69, 9.17) is 0 Å². The third-order valence-electron chi connectivity index (χ3n) is 2.88. The van der Waals surface area contributed by atoms with Crippen LogP contribution in [0.2, 0.25) is 0 Å². The molecule has 1 aliphatic heterocycles. The van der Waals surface area contributed by atoms with Crippen molar-refractivity contribution in [3.8, 4) is 0 Å². The van der Waals surface area contributed by atoms with Crippen LogP contribution in [-0.2, 0) is 0 Å². The van der Waals surface area contributed by atoms with Crippen molar-refractivity contribution in [2.45, 2.75) is 28.9 Å². The van der Waals surface area contributed by atoms with Gasteiger partial charge in [0.15, 0.2) is 0 Å². The molecular formula is C14H14S2. The Morgan fingerprint density at radius 2 is 2.00 bits per heavy atom. The SMILES string of the molecule is Cc1ccc2c(c1)SC1C=CC(C)C=C1S2. The van der Waals surface area contributed by atoms with E-state index in [-0.39, 0.29) is 0 Å². The summed E-state index contributed by atoms with van der Waals surface area (Å²) in [5.41, 5.74) is 1.35. The maximum Gasteiger partial charge on any atom is 0.0585 e. The van der Waals surface area contributed by atoms with Gasteiger partial charge in [0.25, 0.3) is 0 Å². The number of thioether (sulfide) groups is 2. The molecule has 1 aromatic carbocycles. The van der Waals surface area contributed by atoms with Gasteiger partial charge in [0.1, 0.15) is 0 Å². The van der Waals surface area contributed by atoms with Gasteiger partial charge in [-0.3, -0.25) is 0 Å². The molecule has 2 aliphatic rings. The fourth-order valence-electron chi connectivity index (χ4n) is 2.03. The van der Waals surface area contributed by atoms with Gasteiger partial charge in [0.05, 0.1) is 5.25 Å². The summed E-state index contributed by atoms with van der Waals surface area (Å²) in [4.78, 5) is 4.36. The van der Waals surface area contributed by atoms with Crippen molar-refractivity contribution in [1.82, 2.24) is 0 Å². The summed E-state index contributed by atoms with van der Waals surface area (Å²) >= 11 is 3.92.